The molecule has 0 aliphatic carbocycles. The third-order valence-electron chi connectivity index (χ3n) is 2.70. The Bertz CT molecular complexity index is 190. The van der Waals surface area contributed by atoms with Crippen LogP contribution in [0.1, 0.15) is 59.3 Å². The molecular formula is C14H28O3. The largest absolute Gasteiger partial charge is 0.463 e. The lowest BCUT2D eigenvalue weighted by atomic mass is 10.0. The molecular weight excluding hydrogens is 216 g/mol. The summed E-state index contributed by atoms with van der Waals surface area (Å²) in [4.78, 5) is 11.5. The van der Waals surface area contributed by atoms with E-state index in [1.165, 1.54) is 6.42 Å². The fraction of sp³-hybridized carbons (Fsp3) is 0.929. The topological polar surface area (TPSA) is 35.5 Å². The summed E-state index contributed by atoms with van der Waals surface area (Å²) in [7, 11) is 1.68. The van der Waals surface area contributed by atoms with Crippen LogP contribution in [0.15, 0.2) is 0 Å². The number of unbranched alkanes of at least 4 members (excludes halogenated alkanes) is 1. The zero-order chi connectivity index (χ0) is 13.1. The average molecular weight is 244 g/mol. The van der Waals surface area contributed by atoms with Crippen molar-refractivity contribution in [3.63, 3.8) is 0 Å². The van der Waals surface area contributed by atoms with Crippen LogP contribution in [0.3, 0.4) is 0 Å². The van der Waals surface area contributed by atoms with E-state index in [1.807, 2.05) is 6.92 Å². The lowest BCUT2D eigenvalue weighted by Gasteiger charge is -2.13. The molecule has 0 aliphatic rings. The van der Waals surface area contributed by atoms with E-state index in [4.69, 9.17) is 9.47 Å². The molecule has 0 rings (SSSR count). The molecule has 0 aromatic heterocycles. The Morgan fingerprint density at radius 3 is 2.35 bits per heavy atom. The third-order valence-corrected chi connectivity index (χ3v) is 2.70. The maximum absolute atomic E-state index is 11.5. The van der Waals surface area contributed by atoms with Gasteiger partial charge in [0.05, 0.1) is 6.10 Å². The molecule has 1 unspecified atom stereocenters. The molecule has 0 saturated carbocycles. The van der Waals surface area contributed by atoms with Crippen molar-refractivity contribution in [1.82, 2.24) is 0 Å². The number of hydrogen-bond donors (Lipinski definition) is 0. The van der Waals surface area contributed by atoms with Gasteiger partial charge in [0, 0.05) is 20.1 Å². The van der Waals surface area contributed by atoms with Gasteiger partial charge in [-0.2, -0.15) is 0 Å². The van der Waals surface area contributed by atoms with Gasteiger partial charge in [0.25, 0.3) is 0 Å². The Morgan fingerprint density at radius 1 is 1.06 bits per heavy atom. The number of methoxy groups -OCH3 is 1. The van der Waals surface area contributed by atoms with Gasteiger partial charge in [0.1, 0.15) is 0 Å². The quantitative estimate of drug-likeness (QED) is 0.435. The lowest BCUT2D eigenvalue weighted by molar-refractivity contribution is -0.148. The maximum atomic E-state index is 11.5. The predicted molar refractivity (Wildman–Crippen MR) is 70.0 cm³/mol. The second-order valence-corrected chi connectivity index (χ2v) is 5.08. The Hall–Kier alpha value is -0.570. The summed E-state index contributed by atoms with van der Waals surface area (Å²) >= 11 is 0. The first-order chi connectivity index (χ1) is 8.06. The molecule has 0 amide bonds. The number of hydrogen-bond acceptors (Lipinski definition) is 3. The minimum absolute atomic E-state index is 0.0590. The second-order valence-electron chi connectivity index (χ2n) is 5.08. The Labute approximate surface area is 106 Å². The summed E-state index contributed by atoms with van der Waals surface area (Å²) in [6.07, 6.45) is 5.66. The molecule has 0 spiro atoms. The van der Waals surface area contributed by atoms with Crippen molar-refractivity contribution in [3.8, 4) is 0 Å². The Balaban J connectivity index is 3.45. The monoisotopic (exact) mass is 244 g/mol. The van der Waals surface area contributed by atoms with Crippen LogP contribution in [-0.4, -0.2) is 25.8 Å². The fourth-order valence-corrected chi connectivity index (χ4v) is 1.67. The van der Waals surface area contributed by atoms with E-state index in [0.717, 1.165) is 38.2 Å². The van der Waals surface area contributed by atoms with Crippen molar-refractivity contribution in [3.05, 3.63) is 0 Å². The van der Waals surface area contributed by atoms with Gasteiger partial charge in [-0.1, -0.05) is 20.3 Å². The summed E-state index contributed by atoms with van der Waals surface area (Å²) in [6, 6.07) is 0. The van der Waals surface area contributed by atoms with E-state index in [2.05, 4.69) is 13.8 Å². The minimum Gasteiger partial charge on any atom is -0.463 e. The highest BCUT2D eigenvalue weighted by Gasteiger charge is 2.09. The highest BCUT2D eigenvalue weighted by molar-refractivity contribution is 5.69. The number of carbonyl (C=O) groups excluding carboxylic acids is 1. The molecule has 3 nitrogen and oxygen atoms in total. The van der Waals surface area contributed by atoms with Crippen LogP contribution in [-0.2, 0) is 14.3 Å². The van der Waals surface area contributed by atoms with Crippen LogP contribution < -0.4 is 0 Å². The molecule has 102 valence electrons. The van der Waals surface area contributed by atoms with E-state index < -0.39 is 0 Å². The van der Waals surface area contributed by atoms with Gasteiger partial charge in [0.15, 0.2) is 0 Å². The summed E-state index contributed by atoms with van der Waals surface area (Å²) < 4.78 is 10.3. The van der Waals surface area contributed by atoms with Crippen molar-refractivity contribution >= 4 is 5.97 Å². The van der Waals surface area contributed by atoms with Crippen LogP contribution in [0.2, 0.25) is 0 Å². The molecule has 0 heterocycles. The van der Waals surface area contributed by atoms with Crippen molar-refractivity contribution in [2.24, 2.45) is 5.92 Å². The lowest BCUT2D eigenvalue weighted by Crippen LogP contribution is -2.15. The molecule has 1 atom stereocenters. The van der Waals surface area contributed by atoms with Gasteiger partial charge in [-0.15, -0.1) is 0 Å². The predicted octanol–water partition coefficient (Wildman–Crippen LogP) is 3.56. The number of esters is 1. The van der Waals surface area contributed by atoms with Gasteiger partial charge in [-0.3, -0.25) is 4.79 Å². The minimum atomic E-state index is -0.0712. The van der Waals surface area contributed by atoms with E-state index in [0.29, 0.717) is 6.42 Å². The molecule has 0 saturated heterocycles. The summed E-state index contributed by atoms with van der Waals surface area (Å²) in [5, 5.41) is 0. The normalized spacial score (nSPS) is 12.8. The zero-order valence-electron chi connectivity index (χ0n) is 11.8. The number of rotatable bonds is 10. The first-order valence-corrected chi connectivity index (χ1v) is 6.74. The smallest absolute Gasteiger partial charge is 0.306 e. The average Bonchev–Trinajstić information content (AvgIpc) is 2.23. The number of carbonyl (C=O) groups is 1. The summed E-state index contributed by atoms with van der Waals surface area (Å²) in [5.41, 5.74) is 0. The molecule has 0 aliphatic heterocycles. The van der Waals surface area contributed by atoms with Gasteiger partial charge >= 0.3 is 5.97 Å². The Kier molecular flexibility index (Phi) is 10.2. The van der Waals surface area contributed by atoms with Crippen LogP contribution in [0.5, 0.6) is 0 Å². The van der Waals surface area contributed by atoms with Gasteiger partial charge in [0.2, 0.25) is 0 Å². The standard InChI is InChI=1S/C14H28O3/c1-12(2)8-7-9-13(3)17-14(15)10-5-6-11-16-4/h12-13H,5-11H2,1-4H3. The zero-order valence-corrected chi connectivity index (χ0v) is 11.8. The number of ether oxygens (including phenoxy) is 2. The van der Waals surface area contributed by atoms with E-state index in [-0.39, 0.29) is 12.1 Å². The van der Waals surface area contributed by atoms with Crippen LogP contribution in [0.4, 0.5) is 0 Å². The SMILES string of the molecule is COCCCCC(=O)OC(C)CCCC(C)C. The Morgan fingerprint density at radius 2 is 1.76 bits per heavy atom. The maximum Gasteiger partial charge on any atom is 0.306 e. The summed E-state index contributed by atoms with van der Waals surface area (Å²) in [6.45, 7) is 7.13. The molecule has 3 heteroatoms. The van der Waals surface area contributed by atoms with Crippen LogP contribution in [0, 0.1) is 5.92 Å². The first kappa shape index (κ1) is 16.4. The fourth-order valence-electron chi connectivity index (χ4n) is 1.67. The first-order valence-electron chi connectivity index (χ1n) is 6.74. The third kappa shape index (κ3) is 11.7. The van der Waals surface area contributed by atoms with E-state index >= 15 is 0 Å². The van der Waals surface area contributed by atoms with Gasteiger partial charge < -0.3 is 9.47 Å². The van der Waals surface area contributed by atoms with Crippen molar-refractivity contribution < 1.29 is 14.3 Å². The van der Waals surface area contributed by atoms with E-state index in [1.54, 1.807) is 7.11 Å². The van der Waals surface area contributed by atoms with Gasteiger partial charge in [-0.05, 0) is 38.5 Å². The molecule has 0 radical (unpaired) electrons. The highest BCUT2D eigenvalue weighted by Crippen LogP contribution is 2.11. The van der Waals surface area contributed by atoms with Crippen molar-refractivity contribution in [2.75, 3.05) is 13.7 Å². The molecule has 17 heavy (non-hydrogen) atoms. The van der Waals surface area contributed by atoms with E-state index in [9.17, 15) is 4.79 Å². The van der Waals surface area contributed by atoms with Gasteiger partial charge in [-0.25, -0.2) is 0 Å². The molecule has 0 bridgehead atoms. The molecule has 0 aromatic rings. The van der Waals surface area contributed by atoms with Crippen LogP contribution in [0.25, 0.3) is 0 Å². The second kappa shape index (κ2) is 10.6. The highest BCUT2D eigenvalue weighted by atomic mass is 16.5. The van der Waals surface area contributed by atoms with Crippen LogP contribution >= 0.6 is 0 Å². The van der Waals surface area contributed by atoms with Crippen molar-refractivity contribution in [2.45, 2.75) is 65.4 Å². The molecule has 0 fully saturated rings. The summed E-state index contributed by atoms with van der Waals surface area (Å²) in [5.74, 6) is 0.657. The van der Waals surface area contributed by atoms with Crippen molar-refractivity contribution in [1.29, 1.82) is 0 Å². The molecule has 0 aromatic carbocycles. The molecule has 0 N–H and O–H groups in total.